The number of ether oxygens (including phenoxy) is 1. The van der Waals surface area contributed by atoms with E-state index in [1.54, 1.807) is 24.3 Å². The quantitative estimate of drug-likeness (QED) is 0.325. The Hall–Kier alpha value is -3.96. The molecule has 6 N–H and O–H groups in total. The third-order valence-corrected chi connectivity index (χ3v) is 7.31. The monoisotopic (exact) mass is 537 g/mol. The maximum absolute atomic E-state index is 14.1. The number of nitrogen functional groups attached to an aromatic ring is 1. The topological polar surface area (TPSA) is 161 Å². The second-order valence-corrected chi connectivity index (χ2v) is 10.2. The molecule has 0 spiro atoms. The molecule has 1 fully saturated rings. The lowest BCUT2D eigenvalue weighted by Gasteiger charge is -2.32. The standard InChI is InChI=1S/C27H31N5O5S/c1-15(2)16-5-9-18(10-6-16)32(27(36)24-21(28)22(25(29)34)31-38-24)23(17-7-11-19(33)12-8-17)26(35)30-14-20-4-3-13-37-20/h5-12,15,20,23,33H,3-4,13-14,28H2,1-2H3,(H2,29,34)(H,30,35)/t20-,23+/m0/s1. The van der Waals surface area contributed by atoms with Gasteiger partial charge in [0.1, 0.15) is 16.7 Å². The van der Waals surface area contributed by atoms with Gasteiger partial charge in [-0.25, -0.2) is 0 Å². The van der Waals surface area contributed by atoms with Gasteiger partial charge in [0.25, 0.3) is 11.8 Å². The number of phenols is 1. The van der Waals surface area contributed by atoms with Crippen molar-refractivity contribution >= 4 is 40.6 Å². The normalized spacial score (nSPS) is 15.8. The second-order valence-electron chi connectivity index (χ2n) is 9.43. The van der Waals surface area contributed by atoms with Crippen molar-refractivity contribution < 1.29 is 24.2 Å². The van der Waals surface area contributed by atoms with E-state index in [9.17, 15) is 19.5 Å². The zero-order valence-electron chi connectivity index (χ0n) is 21.2. The van der Waals surface area contributed by atoms with Crippen LogP contribution in [0.2, 0.25) is 0 Å². The molecule has 0 bridgehead atoms. The van der Waals surface area contributed by atoms with E-state index in [1.165, 1.54) is 17.0 Å². The van der Waals surface area contributed by atoms with E-state index in [-0.39, 0.29) is 40.6 Å². The molecule has 1 aliphatic heterocycles. The van der Waals surface area contributed by atoms with Crippen LogP contribution in [0.5, 0.6) is 5.75 Å². The summed E-state index contributed by atoms with van der Waals surface area (Å²) in [6, 6.07) is 12.2. The summed E-state index contributed by atoms with van der Waals surface area (Å²) in [5, 5.41) is 12.8. The highest BCUT2D eigenvalue weighted by atomic mass is 32.1. The summed E-state index contributed by atoms with van der Waals surface area (Å²) in [5.74, 6) is -1.63. The van der Waals surface area contributed by atoms with Gasteiger partial charge in [-0.2, -0.15) is 4.37 Å². The van der Waals surface area contributed by atoms with Crippen LogP contribution in [-0.2, 0) is 9.53 Å². The lowest BCUT2D eigenvalue weighted by Crippen LogP contribution is -2.45. The number of phenolic OH excluding ortho intramolecular Hbond substituents is 1. The van der Waals surface area contributed by atoms with Crippen LogP contribution in [0.25, 0.3) is 0 Å². The third-order valence-electron chi connectivity index (χ3n) is 6.46. The predicted molar refractivity (Wildman–Crippen MR) is 145 cm³/mol. The molecule has 1 aliphatic rings. The van der Waals surface area contributed by atoms with Crippen LogP contribution >= 0.6 is 11.5 Å². The Morgan fingerprint density at radius 3 is 2.34 bits per heavy atom. The SMILES string of the molecule is CC(C)c1ccc(N(C(=O)c2snc(C(N)=O)c2N)[C@@H](C(=O)NC[C@@H]2CCCO2)c2ccc(O)cc2)cc1. The fraction of sp³-hybridized carbons (Fsp3) is 0.333. The highest BCUT2D eigenvalue weighted by Crippen LogP contribution is 2.34. The average molecular weight is 538 g/mol. The minimum Gasteiger partial charge on any atom is -0.508 e. The van der Waals surface area contributed by atoms with E-state index in [2.05, 4.69) is 23.5 Å². The Bertz CT molecular complexity index is 1300. The van der Waals surface area contributed by atoms with Gasteiger partial charge in [0, 0.05) is 18.8 Å². The molecule has 3 aromatic rings. The van der Waals surface area contributed by atoms with Gasteiger partial charge < -0.3 is 26.6 Å². The van der Waals surface area contributed by atoms with Crippen LogP contribution in [-0.4, -0.2) is 46.5 Å². The molecule has 10 nitrogen and oxygen atoms in total. The number of carbonyl (C=O) groups is 3. The van der Waals surface area contributed by atoms with E-state index < -0.39 is 23.8 Å². The molecule has 1 saturated heterocycles. The van der Waals surface area contributed by atoms with Crippen LogP contribution in [0.15, 0.2) is 48.5 Å². The first-order chi connectivity index (χ1) is 18.2. The van der Waals surface area contributed by atoms with Gasteiger partial charge in [-0.15, -0.1) is 0 Å². The second kappa shape index (κ2) is 11.6. The molecule has 0 unspecified atom stereocenters. The molecular formula is C27H31N5O5S. The molecule has 1 aromatic heterocycles. The van der Waals surface area contributed by atoms with Gasteiger partial charge in [0.2, 0.25) is 5.91 Å². The van der Waals surface area contributed by atoms with Crippen LogP contribution in [0.1, 0.15) is 69.9 Å². The maximum atomic E-state index is 14.1. The number of aromatic nitrogens is 1. The van der Waals surface area contributed by atoms with E-state index in [0.717, 1.165) is 29.9 Å². The van der Waals surface area contributed by atoms with E-state index in [0.29, 0.717) is 17.9 Å². The summed E-state index contributed by atoms with van der Waals surface area (Å²) in [6.45, 7) is 5.04. The molecule has 2 heterocycles. The largest absolute Gasteiger partial charge is 0.508 e. The molecule has 11 heteroatoms. The van der Waals surface area contributed by atoms with Crippen LogP contribution in [0.4, 0.5) is 11.4 Å². The van der Waals surface area contributed by atoms with E-state index >= 15 is 0 Å². The summed E-state index contributed by atoms with van der Waals surface area (Å²) in [6.07, 6.45) is 1.64. The summed E-state index contributed by atoms with van der Waals surface area (Å²) in [4.78, 5) is 40.9. The first-order valence-corrected chi connectivity index (χ1v) is 13.1. The zero-order valence-corrected chi connectivity index (χ0v) is 22.0. The predicted octanol–water partition coefficient (Wildman–Crippen LogP) is 3.34. The van der Waals surface area contributed by atoms with Crippen LogP contribution < -0.4 is 21.7 Å². The fourth-order valence-electron chi connectivity index (χ4n) is 4.33. The van der Waals surface area contributed by atoms with Crippen molar-refractivity contribution in [1.82, 2.24) is 9.69 Å². The summed E-state index contributed by atoms with van der Waals surface area (Å²) < 4.78 is 9.62. The Labute approximate surface area is 224 Å². The number of rotatable bonds is 9. The number of aromatic hydroxyl groups is 1. The zero-order chi connectivity index (χ0) is 27.4. The van der Waals surface area contributed by atoms with Crippen molar-refractivity contribution in [1.29, 1.82) is 0 Å². The van der Waals surface area contributed by atoms with E-state index in [4.69, 9.17) is 16.2 Å². The molecule has 38 heavy (non-hydrogen) atoms. The maximum Gasteiger partial charge on any atom is 0.273 e. The molecule has 2 aromatic carbocycles. The number of carbonyl (C=O) groups excluding carboxylic acids is 3. The summed E-state index contributed by atoms with van der Waals surface area (Å²) in [7, 11) is 0. The average Bonchev–Trinajstić information content (AvgIpc) is 3.56. The van der Waals surface area contributed by atoms with Gasteiger partial charge in [0.05, 0.1) is 11.8 Å². The number of nitrogens with zero attached hydrogens (tertiary/aromatic N) is 2. The molecule has 0 saturated carbocycles. The van der Waals surface area contributed by atoms with Gasteiger partial charge >= 0.3 is 0 Å². The Morgan fingerprint density at radius 2 is 1.79 bits per heavy atom. The van der Waals surface area contributed by atoms with Gasteiger partial charge in [-0.1, -0.05) is 38.1 Å². The van der Waals surface area contributed by atoms with Gasteiger partial charge in [-0.3, -0.25) is 19.3 Å². The minimum absolute atomic E-state index is 0.0116. The van der Waals surface area contributed by atoms with Crippen molar-refractivity contribution in [2.75, 3.05) is 23.8 Å². The molecule has 3 amide bonds. The summed E-state index contributed by atoms with van der Waals surface area (Å²) >= 11 is 0.745. The van der Waals surface area contributed by atoms with Crippen LogP contribution in [0.3, 0.4) is 0 Å². The van der Waals surface area contributed by atoms with Crippen LogP contribution in [0, 0.1) is 0 Å². The van der Waals surface area contributed by atoms with Crippen molar-refractivity contribution in [2.24, 2.45) is 5.73 Å². The Kier molecular flexibility index (Phi) is 8.28. The third kappa shape index (κ3) is 5.79. The van der Waals surface area contributed by atoms with Gasteiger partial charge in [0.15, 0.2) is 5.69 Å². The van der Waals surface area contributed by atoms with Gasteiger partial charge in [-0.05, 0) is 65.7 Å². The highest BCUT2D eigenvalue weighted by molar-refractivity contribution is 7.09. The first-order valence-electron chi connectivity index (χ1n) is 12.3. The molecular weight excluding hydrogens is 506 g/mol. The number of anilines is 2. The number of hydrogen-bond acceptors (Lipinski definition) is 8. The molecule has 2 atom stereocenters. The van der Waals surface area contributed by atoms with Crippen molar-refractivity contribution in [3.63, 3.8) is 0 Å². The smallest absolute Gasteiger partial charge is 0.273 e. The number of benzene rings is 2. The lowest BCUT2D eigenvalue weighted by atomic mass is 10.00. The van der Waals surface area contributed by atoms with Crippen molar-refractivity contribution in [3.05, 3.63) is 70.2 Å². The lowest BCUT2D eigenvalue weighted by molar-refractivity contribution is -0.123. The Morgan fingerprint density at radius 1 is 1.13 bits per heavy atom. The van der Waals surface area contributed by atoms with Crippen molar-refractivity contribution in [2.45, 2.75) is 44.8 Å². The minimum atomic E-state index is -1.13. The molecule has 0 radical (unpaired) electrons. The number of amides is 3. The fourth-order valence-corrected chi connectivity index (χ4v) is 5.08. The number of nitrogens with two attached hydrogens (primary N) is 2. The number of primary amides is 1. The summed E-state index contributed by atoms with van der Waals surface area (Å²) in [5.41, 5.74) is 13.1. The Balaban J connectivity index is 1.81. The molecule has 200 valence electrons. The number of hydrogen-bond donors (Lipinski definition) is 4. The van der Waals surface area contributed by atoms with E-state index in [1.807, 2.05) is 12.1 Å². The molecule has 0 aliphatic carbocycles. The highest BCUT2D eigenvalue weighted by Gasteiger charge is 2.36. The van der Waals surface area contributed by atoms with Crippen molar-refractivity contribution in [3.8, 4) is 5.75 Å². The number of nitrogens with one attached hydrogen (secondary N) is 1. The first kappa shape index (κ1) is 27.1. The molecule has 4 rings (SSSR count).